The fourth-order valence-corrected chi connectivity index (χ4v) is 3.45. The summed E-state index contributed by atoms with van der Waals surface area (Å²) in [4.78, 5) is 17.7. The first-order valence-corrected chi connectivity index (χ1v) is 8.05. The third kappa shape index (κ3) is 3.05. The zero-order valence-corrected chi connectivity index (χ0v) is 13.9. The molecule has 2 aromatic carbocycles. The van der Waals surface area contributed by atoms with Crippen LogP contribution in [0, 0.1) is 18.6 Å². The van der Waals surface area contributed by atoms with Crippen molar-refractivity contribution in [1.29, 1.82) is 0 Å². The number of aryl methyl sites for hydroxylation is 1. The molecule has 0 unspecified atom stereocenters. The highest BCUT2D eigenvalue weighted by Gasteiger charge is 2.13. The predicted molar refractivity (Wildman–Crippen MR) is 89.7 cm³/mol. The molecule has 0 fully saturated rings. The number of hydrogen-bond acceptors (Lipinski definition) is 2. The van der Waals surface area contributed by atoms with Crippen molar-refractivity contribution in [1.82, 2.24) is 4.57 Å². The number of halogens is 2. The zero-order valence-electron chi connectivity index (χ0n) is 13.1. The topological polar surface area (TPSA) is 34.4 Å². The third-order valence-electron chi connectivity index (χ3n) is 3.62. The summed E-state index contributed by atoms with van der Waals surface area (Å²) >= 11 is 1.33. The first-order valence-electron chi connectivity index (χ1n) is 7.23. The van der Waals surface area contributed by atoms with E-state index in [1.807, 2.05) is 6.92 Å². The Hall–Kier alpha value is -2.60. The number of nitrogens with zero attached hydrogens (tertiary/aromatic N) is 2. The Morgan fingerprint density at radius 2 is 1.75 bits per heavy atom. The molecule has 122 valence electrons. The molecule has 3 nitrogen and oxygen atoms in total. The van der Waals surface area contributed by atoms with Crippen LogP contribution in [0.5, 0.6) is 0 Å². The Balaban J connectivity index is 2.07. The van der Waals surface area contributed by atoms with E-state index >= 15 is 0 Å². The molecule has 0 atom stereocenters. The van der Waals surface area contributed by atoms with Crippen molar-refractivity contribution in [3.63, 3.8) is 0 Å². The van der Waals surface area contributed by atoms with E-state index in [9.17, 15) is 13.6 Å². The lowest BCUT2D eigenvalue weighted by Crippen LogP contribution is -2.15. The minimum Gasteiger partial charge on any atom is -0.319 e. The van der Waals surface area contributed by atoms with Gasteiger partial charge in [-0.15, -0.1) is 11.3 Å². The third-order valence-corrected chi connectivity index (χ3v) is 4.67. The molecule has 0 N–H and O–H groups in total. The number of thiazole rings is 1. The van der Waals surface area contributed by atoms with E-state index in [0.717, 1.165) is 16.1 Å². The first-order chi connectivity index (χ1) is 11.5. The monoisotopic (exact) mass is 344 g/mol. The lowest BCUT2D eigenvalue weighted by molar-refractivity contribution is 0.0994. The van der Waals surface area contributed by atoms with E-state index < -0.39 is 11.7 Å². The number of aromatic nitrogens is 1. The summed E-state index contributed by atoms with van der Waals surface area (Å²) in [5.41, 5.74) is 1.61. The first kappa shape index (κ1) is 16.3. The van der Waals surface area contributed by atoms with Gasteiger partial charge in [-0.1, -0.05) is 12.1 Å². The SMILES string of the molecule is Cc1sc(=NC(=O)c2ccccc2F)n(C)c1-c1ccc(F)cc1. The smallest absolute Gasteiger partial charge is 0.282 e. The molecule has 0 aliphatic carbocycles. The maximum atomic E-state index is 13.7. The van der Waals surface area contributed by atoms with Gasteiger partial charge in [-0.05, 0) is 48.9 Å². The van der Waals surface area contributed by atoms with Crippen molar-refractivity contribution in [2.24, 2.45) is 12.0 Å². The molecule has 6 heteroatoms. The van der Waals surface area contributed by atoms with Crippen LogP contribution in [-0.2, 0) is 7.05 Å². The standard InChI is InChI=1S/C18H14F2N2OS/c1-11-16(12-7-9-13(19)10-8-12)22(2)18(24-11)21-17(23)14-5-3-4-6-15(14)20/h3-10H,1-2H3. The van der Waals surface area contributed by atoms with Gasteiger partial charge >= 0.3 is 0 Å². The number of benzene rings is 2. The largest absolute Gasteiger partial charge is 0.319 e. The maximum absolute atomic E-state index is 13.7. The highest BCUT2D eigenvalue weighted by molar-refractivity contribution is 7.09. The second-order valence-electron chi connectivity index (χ2n) is 5.25. The Bertz CT molecular complexity index is 971. The van der Waals surface area contributed by atoms with E-state index in [-0.39, 0.29) is 11.4 Å². The number of carbonyl (C=O) groups excluding carboxylic acids is 1. The van der Waals surface area contributed by atoms with Gasteiger partial charge < -0.3 is 4.57 Å². The molecule has 1 aromatic heterocycles. The van der Waals surface area contributed by atoms with Gasteiger partial charge in [0.15, 0.2) is 4.80 Å². The number of amides is 1. The van der Waals surface area contributed by atoms with Crippen LogP contribution in [0.2, 0.25) is 0 Å². The Labute approximate surface area is 141 Å². The van der Waals surface area contributed by atoms with Gasteiger partial charge in [0.2, 0.25) is 0 Å². The molecular weight excluding hydrogens is 330 g/mol. The molecule has 1 heterocycles. The zero-order chi connectivity index (χ0) is 17.3. The van der Waals surface area contributed by atoms with Gasteiger partial charge in [0.25, 0.3) is 5.91 Å². The van der Waals surface area contributed by atoms with E-state index in [0.29, 0.717) is 4.80 Å². The molecule has 3 rings (SSSR count). The van der Waals surface area contributed by atoms with Crippen molar-refractivity contribution in [3.8, 4) is 11.3 Å². The molecule has 0 bridgehead atoms. The van der Waals surface area contributed by atoms with Crippen molar-refractivity contribution in [3.05, 3.63) is 75.4 Å². The Morgan fingerprint density at radius 1 is 1.08 bits per heavy atom. The molecule has 24 heavy (non-hydrogen) atoms. The van der Waals surface area contributed by atoms with Crippen LogP contribution in [0.3, 0.4) is 0 Å². The summed E-state index contributed by atoms with van der Waals surface area (Å²) in [5.74, 6) is -1.54. The van der Waals surface area contributed by atoms with Crippen LogP contribution in [0.25, 0.3) is 11.3 Å². The van der Waals surface area contributed by atoms with E-state index in [4.69, 9.17) is 0 Å². The molecular formula is C18H14F2N2OS. The molecule has 1 amide bonds. The molecule has 0 saturated heterocycles. The van der Waals surface area contributed by atoms with Crippen LogP contribution in [-0.4, -0.2) is 10.5 Å². The highest BCUT2D eigenvalue weighted by Crippen LogP contribution is 2.24. The second kappa shape index (κ2) is 6.49. The lowest BCUT2D eigenvalue weighted by atomic mass is 10.1. The van der Waals surface area contributed by atoms with Gasteiger partial charge in [-0.3, -0.25) is 4.79 Å². The predicted octanol–water partition coefficient (Wildman–Crippen LogP) is 4.08. The van der Waals surface area contributed by atoms with Crippen LogP contribution >= 0.6 is 11.3 Å². The van der Waals surface area contributed by atoms with Gasteiger partial charge in [-0.25, -0.2) is 8.78 Å². The van der Waals surface area contributed by atoms with Crippen molar-refractivity contribution < 1.29 is 13.6 Å². The summed E-state index contributed by atoms with van der Waals surface area (Å²) in [6.45, 7) is 1.90. The van der Waals surface area contributed by atoms with Crippen molar-refractivity contribution >= 4 is 17.2 Å². The van der Waals surface area contributed by atoms with Gasteiger partial charge in [0, 0.05) is 11.9 Å². The molecule has 0 spiro atoms. The number of rotatable bonds is 2. The highest BCUT2D eigenvalue weighted by atomic mass is 32.1. The maximum Gasteiger partial charge on any atom is 0.282 e. The van der Waals surface area contributed by atoms with E-state index in [1.54, 1.807) is 29.8 Å². The summed E-state index contributed by atoms with van der Waals surface area (Å²) in [6, 6.07) is 11.9. The van der Waals surface area contributed by atoms with Crippen LogP contribution in [0.4, 0.5) is 8.78 Å². The molecule has 0 aliphatic rings. The number of carbonyl (C=O) groups is 1. The fraction of sp³-hybridized carbons (Fsp3) is 0.111. The van der Waals surface area contributed by atoms with Gasteiger partial charge in [0.1, 0.15) is 11.6 Å². The average Bonchev–Trinajstić information content (AvgIpc) is 2.83. The molecule has 3 aromatic rings. The summed E-state index contributed by atoms with van der Waals surface area (Å²) in [5, 5.41) is 0. The summed E-state index contributed by atoms with van der Waals surface area (Å²) in [7, 11) is 1.77. The minimum atomic E-state index is -0.629. The summed E-state index contributed by atoms with van der Waals surface area (Å²) in [6.07, 6.45) is 0. The van der Waals surface area contributed by atoms with E-state index in [1.165, 1.54) is 41.7 Å². The fourth-order valence-electron chi connectivity index (χ4n) is 2.47. The number of hydrogen-bond donors (Lipinski definition) is 0. The Kier molecular flexibility index (Phi) is 4.40. The van der Waals surface area contributed by atoms with Crippen molar-refractivity contribution in [2.45, 2.75) is 6.92 Å². The van der Waals surface area contributed by atoms with Crippen LogP contribution in [0.1, 0.15) is 15.2 Å². The molecule has 0 aliphatic heterocycles. The minimum absolute atomic E-state index is 0.0631. The molecule has 0 saturated carbocycles. The molecule has 0 radical (unpaired) electrons. The van der Waals surface area contributed by atoms with Gasteiger partial charge in [0.05, 0.1) is 11.3 Å². The quantitative estimate of drug-likeness (QED) is 0.690. The average molecular weight is 344 g/mol. The van der Waals surface area contributed by atoms with Crippen molar-refractivity contribution in [2.75, 3.05) is 0 Å². The summed E-state index contributed by atoms with van der Waals surface area (Å²) < 4.78 is 28.6. The van der Waals surface area contributed by atoms with Crippen LogP contribution < -0.4 is 4.80 Å². The van der Waals surface area contributed by atoms with Gasteiger partial charge in [-0.2, -0.15) is 4.99 Å². The Morgan fingerprint density at radius 3 is 2.42 bits per heavy atom. The lowest BCUT2D eigenvalue weighted by Gasteiger charge is -2.04. The normalized spacial score (nSPS) is 11.8. The van der Waals surface area contributed by atoms with E-state index in [2.05, 4.69) is 4.99 Å². The van der Waals surface area contributed by atoms with Crippen LogP contribution in [0.15, 0.2) is 53.5 Å². The second-order valence-corrected chi connectivity index (χ2v) is 6.43.